The molecule has 2 aliphatic carbocycles. The van der Waals surface area contributed by atoms with Crippen LogP contribution in [0.15, 0.2) is 24.3 Å². The molecule has 4 unspecified atom stereocenters. The first kappa shape index (κ1) is 19.2. The van der Waals surface area contributed by atoms with Gasteiger partial charge in [0.15, 0.2) is 0 Å². The summed E-state index contributed by atoms with van der Waals surface area (Å²) in [4.78, 5) is 27.1. The maximum Gasteiger partial charge on any atom is 0.319 e. The van der Waals surface area contributed by atoms with E-state index in [1.807, 2.05) is 24.3 Å². The first-order chi connectivity index (χ1) is 13.5. The van der Waals surface area contributed by atoms with Crippen molar-refractivity contribution < 1.29 is 9.59 Å². The summed E-state index contributed by atoms with van der Waals surface area (Å²) in [5.74, 6) is 0.900. The summed E-state index contributed by atoms with van der Waals surface area (Å²) in [6, 6.07) is 7.29. The number of amides is 3. The van der Waals surface area contributed by atoms with E-state index < -0.39 is 0 Å². The van der Waals surface area contributed by atoms with Crippen LogP contribution in [0.4, 0.5) is 16.2 Å². The number of nitrogens with zero attached hydrogens (tertiary/aromatic N) is 1. The highest BCUT2D eigenvalue weighted by Gasteiger charge is 2.49. The lowest BCUT2D eigenvalue weighted by Crippen LogP contribution is -2.44. The predicted octanol–water partition coefficient (Wildman–Crippen LogP) is 2.21. The molecule has 0 spiro atoms. The van der Waals surface area contributed by atoms with Gasteiger partial charge in [0, 0.05) is 23.5 Å². The first-order valence-electron chi connectivity index (χ1n) is 10.4. The van der Waals surface area contributed by atoms with Crippen molar-refractivity contribution in [1.29, 1.82) is 0 Å². The van der Waals surface area contributed by atoms with Gasteiger partial charge in [-0.25, -0.2) is 4.79 Å². The highest BCUT2D eigenvalue weighted by molar-refractivity contribution is 5.94. The molecule has 7 heteroatoms. The molecule has 5 N–H and O–H groups in total. The SMILES string of the molecule is CN1CCC(NC(=O)Nc2ccc(NC(=O)C3C4CCC(C4)C3N)cc2)CC1. The van der Waals surface area contributed by atoms with Gasteiger partial charge in [0.05, 0.1) is 5.92 Å². The van der Waals surface area contributed by atoms with Gasteiger partial charge in [0.25, 0.3) is 0 Å². The maximum atomic E-state index is 12.6. The second-order valence-electron chi connectivity index (χ2n) is 8.68. The number of rotatable bonds is 4. The van der Waals surface area contributed by atoms with Gasteiger partial charge in [0.2, 0.25) is 5.91 Å². The molecule has 1 aliphatic heterocycles. The Morgan fingerprint density at radius 1 is 0.964 bits per heavy atom. The standard InChI is InChI=1S/C21H31N5O2/c1-26-10-8-17(9-11-26)25-21(28)24-16-6-4-15(5-7-16)23-20(27)18-13-2-3-14(12-13)19(18)22/h4-7,13-14,17-19H,2-3,8-12,22H2,1H3,(H,23,27)(H2,24,25,28). The van der Waals surface area contributed by atoms with Crippen molar-refractivity contribution in [3.05, 3.63) is 24.3 Å². The largest absolute Gasteiger partial charge is 0.335 e. The van der Waals surface area contributed by atoms with E-state index in [1.165, 1.54) is 0 Å². The van der Waals surface area contributed by atoms with Crippen LogP contribution in [0.2, 0.25) is 0 Å². The lowest BCUT2D eigenvalue weighted by atomic mass is 9.84. The van der Waals surface area contributed by atoms with Gasteiger partial charge < -0.3 is 26.6 Å². The van der Waals surface area contributed by atoms with Crippen LogP contribution in [-0.2, 0) is 4.79 Å². The number of nitrogens with one attached hydrogen (secondary N) is 3. The summed E-state index contributed by atoms with van der Waals surface area (Å²) in [7, 11) is 2.10. The van der Waals surface area contributed by atoms with E-state index in [-0.39, 0.29) is 29.9 Å². The molecule has 4 rings (SSSR count). The van der Waals surface area contributed by atoms with Crippen molar-refractivity contribution >= 4 is 23.3 Å². The van der Waals surface area contributed by atoms with Crippen LogP contribution in [0.3, 0.4) is 0 Å². The Balaban J connectivity index is 1.27. The first-order valence-corrected chi connectivity index (χ1v) is 10.4. The Bertz CT molecular complexity index is 712. The molecule has 1 aromatic rings. The quantitative estimate of drug-likeness (QED) is 0.638. The van der Waals surface area contributed by atoms with Gasteiger partial charge in [-0.15, -0.1) is 0 Å². The molecule has 0 radical (unpaired) electrons. The summed E-state index contributed by atoms with van der Waals surface area (Å²) in [5, 5.41) is 8.90. The molecule has 1 saturated heterocycles. The summed E-state index contributed by atoms with van der Waals surface area (Å²) in [5.41, 5.74) is 7.71. The molecule has 28 heavy (non-hydrogen) atoms. The van der Waals surface area contributed by atoms with Gasteiger partial charge in [0.1, 0.15) is 0 Å². The monoisotopic (exact) mass is 385 g/mol. The highest BCUT2D eigenvalue weighted by Crippen LogP contribution is 2.47. The number of anilines is 2. The van der Waals surface area contributed by atoms with Crippen molar-refractivity contribution in [1.82, 2.24) is 10.2 Å². The molecule has 0 aromatic heterocycles. The third-order valence-corrected chi connectivity index (χ3v) is 6.75. The molecule has 2 saturated carbocycles. The zero-order chi connectivity index (χ0) is 19.7. The highest BCUT2D eigenvalue weighted by atomic mass is 16.2. The van der Waals surface area contributed by atoms with E-state index >= 15 is 0 Å². The molecule has 3 amide bonds. The second-order valence-corrected chi connectivity index (χ2v) is 8.68. The average Bonchev–Trinajstić information content (AvgIpc) is 3.26. The zero-order valence-corrected chi connectivity index (χ0v) is 16.5. The Kier molecular flexibility index (Phi) is 5.55. The van der Waals surface area contributed by atoms with Crippen LogP contribution >= 0.6 is 0 Å². The zero-order valence-electron chi connectivity index (χ0n) is 16.5. The minimum Gasteiger partial charge on any atom is -0.335 e. The van der Waals surface area contributed by atoms with E-state index in [1.54, 1.807) is 0 Å². The van der Waals surface area contributed by atoms with Crippen LogP contribution < -0.4 is 21.7 Å². The summed E-state index contributed by atoms with van der Waals surface area (Å²) in [6.45, 7) is 2.01. The van der Waals surface area contributed by atoms with Crippen LogP contribution in [0, 0.1) is 17.8 Å². The Morgan fingerprint density at radius 2 is 1.57 bits per heavy atom. The lowest BCUT2D eigenvalue weighted by molar-refractivity contribution is -0.121. The van der Waals surface area contributed by atoms with Crippen LogP contribution in [-0.4, -0.2) is 49.1 Å². The third kappa shape index (κ3) is 4.15. The van der Waals surface area contributed by atoms with Gasteiger partial charge in [-0.05, 0) is 88.3 Å². The minimum absolute atomic E-state index is 0.0111. The fourth-order valence-corrected chi connectivity index (χ4v) is 5.09. The van der Waals surface area contributed by atoms with E-state index in [2.05, 4.69) is 27.9 Å². The van der Waals surface area contributed by atoms with Crippen molar-refractivity contribution in [3.8, 4) is 0 Å². The van der Waals surface area contributed by atoms with Crippen LogP contribution in [0.5, 0.6) is 0 Å². The van der Waals surface area contributed by atoms with Crippen molar-refractivity contribution in [2.45, 2.75) is 44.2 Å². The Morgan fingerprint density at radius 3 is 2.18 bits per heavy atom. The average molecular weight is 386 g/mol. The fourth-order valence-electron chi connectivity index (χ4n) is 5.09. The van der Waals surface area contributed by atoms with Gasteiger partial charge in [-0.2, -0.15) is 0 Å². The van der Waals surface area contributed by atoms with E-state index in [9.17, 15) is 9.59 Å². The summed E-state index contributed by atoms with van der Waals surface area (Å²) >= 11 is 0. The van der Waals surface area contributed by atoms with Gasteiger partial charge in [-0.1, -0.05) is 0 Å². The number of urea groups is 1. The Labute approximate surface area is 166 Å². The Hall–Kier alpha value is -2.12. The molecule has 3 aliphatic rings. The van der Waals surface area contributed by atoms with E-state index in [4.69, 9.17) is 5.73 Å². The smallest absolute Gasteiger partial charge is 0.319 e. The molecule has 7 nitrogen and oxygen atoms in total. The number of benzene rings is 1. The van der Waals surface area contributed by atoms with Crippen molar-refractivity contribution in [2.24, 2.45) is 23.5 Å². The van der Waals surface area contributed by atoms with E-state index in [0.29, 0.717) is 17.5 Å². The number of carbonyl (C=O) groups excluding carboxylic acids is 2. The fraction of sp³-hybridized carbons (Fsp3) is 0.619. The van der Waals surface area contributed by atoms with Crippen molar-refractivity contribution in [3.63, 3.8) is 0 Å². The molecule has 152 valence electrons. The number of carbonyl (C=O) groups is 2. The number of piperidine rings is 1. The lowest BCUT2D eigenvalue weighted by Gasteiger charge is -2.29. The second kappa shape index (κ2) is 8.09. The topological polar surface area (TPSA) is 99.5 Å². The summed E-state index contributed by atoms with van der Waals surface area (Å²) in [6.07, 6.45) is 5.32. The third-order valence-electron chi connectivity index (χ3n) is 6.75. The molecule has 1 heterocycles. The van der Waals surface area contributed by atoms with Gasteiger partial charge >= 0.3 is 6.03 Å². The minimum atomic E-state index is -0.181. The molecular weight excluding hydrogens is 354 g/mol. The van der Waals surface area contributed by atoms with Crippen molar-refractivity contribution in [2.75, 3.05) is 30.8 Å². The molecular formula is C21H31N5O2. The number of hydrogen-bond donors (Lipinski definition) is 4. The molecule has 2 bridgehead atoms. The van der Waals surface area contributed by atoms with Gasteiger partial charge in [-0.3, -0.25) is 4.79 Å². The number of hydrogen-bond acceptors (Lipinski definition) is 4. The van der Waals surface area contributed by atoms with E-state index in [0.717, 1.165) is 50.9 Å². The molecule has 1 aromatic carbocycles. The number of nitrogens with two attached hydrogens (primary N) is 1. The summed E-state index contributed by atoms with van der Waals surface area (Å²) < 4.78 is 0. The van der Waals surface area contributed by atoms with Crippen LogP contribution in [0.1, 0.15) is 32.1 Å². The molecule has 4 atom stereocenters. The molecule has 3 fully saturated rings. The normalized spacial score (nSPS) is 30.2. The number of fused-ring (bicyclic) bond motifs is 2. The van der Waals surface area contributed by atoms with Crippen LogP contribution in [0.25, 0.3) is 0 Å². The predicted molar refractivity (Wildman–Crippen MR) is 110 cm³/mol. The maximum absolute atomic E-state index is 12.6. The number of likely N-dealkylation sites (tertiary alicyclic amines) is 1.